The Labute approximate surface area is 178 Å². The predicted molar refractivity (Wildman–Crippen MR) is 111 cm³/mol. The molecule has 25 heavy (non-hydrogen) atoms. The molecule has 0 radical (unpaired) electrons. The fourth-order valence-electron chi connectivity index (χ4n) is 2.37. The van der Waals surface area contributed by atoms with Crippen LogP contribution in [0.4, 0.5) is 0 Å². The molecule has 136 valence electrons. The molecule has 0 bridgehead atoms. The summed E-state index contributed by atoms with van der Waals surface area (Å²) >= 11 is 36.9. The maximum absolute atomic E-state index is 6.47. The molecular weight excluding hydrogens is 445 g/mol. The van der Waals surface area contributed by atoms with E-state index < -0.39 is 0 Å². The molecular formula is C18H16Cl6O. The molecule has 0 saturated heterocycles. The first-order valence-electron chi connectivity index (χ1n) is 7.73. The molecule has 0 aliphatic rings. The van der Waals surface area contributed by atoms with Crippen LogP contribution in [0.3, 0.4) is 0 Å². The van der Waals surface area contributed by atoms with Crippen LogP contribution >= 0.6 is 69.6 Å². The fraction of sp³-hybridized carbons (Fsp3) is 0.333. The van der Waals surface area contributed by atoms with Crippen LogP contribution in [-0.4, -0.2) is 11.8 Å². The number of rotatable bonds is 8. The molecule has 0 N–H and O–H groups in total. The maximum Gasteiger partial charge on any atom is 0.146 e. The lowest BCUT2D eigenvalue weighted by atomic mass is 10.1. The van der Waals surface area contributed by atoms with Crippen LogP contribution in [0, 0.1) is 0 Å². The summed E-state index contributed by atoms with van der Waals surface area (Å²) in [6, 6.07) is 6.95. The third-order valence-corrected chi connectivity index (χ3v) is 5.71. The van der Waals surface area contributed by atoms with Crippen molar-refractivity contribution >= 4 is 69.6 Å². The molecule has 0 fully saturated rings. The van der Waals surface area contributed by atoms with Gasteiger partial charge in [-0.2, -0.15) is 0 Å². The highest BCUT2D eigenvalue weighted by atomic mass is 35.5. The predicted octanol–water partition coefficient (Wildman–Crippen LogP) is 8.44. The Morgan fingerprint density at radius 3 is 1.40 bits per heavy atom. The van der Waals surface area contributed by atoms with E-state index in [4.69, 9.17) is 74.3 Å². The SMILES string of the molecule is ClCCCc1c(Cl)ccc(Oc2ccc(Cl)c(CCCCl)c2Cl)c1Cl. The van der Waals surface area contributed by atoms with Crippen molar-refractivity contribution in [2.24, 2.45) is 0 Å². The first kappa shape index (κ1) is 21.3. The molecule has 7 heteroatoms. The lowest BCUT2D eigenvalue weighted by Gasteiger charge is -2.15. The Morgan fingerprint density at radius 2 is 1.04 bits per heavy atom. The minimum Gasteiger partial charge on any atom is -0.454 e. The summed E-state index contributed by atoms with van der Waals surface area (Å²) in [5.74, 6) is 2.04. The summed E-state index contributed by atoms with van der Waals surface area (Å²) in [7, 11) is 0. The van der Waals surface area contributed by atoms with E-state index in [1.54, 1.807) is 24.3 Å². The standard InChI is InChI=1S/C18H16Cl6O/c19-9-1-3-11-13(21)5-7-15(17(11)23)25-16-8-6-14(22)12(18(16)24)4-2-10-20/h5-8H,1-4,9-10H2. The molecule has 0 atom stereocenters. The Balaban J connectivity index is 2.33. The number of alkyl halides is 2. The van der Waals surface area contributed by atoms with Crippen LogP contribution in [0.25, 0.3) is 0 Å². The van der Waals surface area contributed by atoms with Gasteiger partial charge in [-0.25, -0.2) is 0 Å². The molecule has 1 nitrogen and oxygen atoms in total. The van der Waals surface area contributed by atoms with Gasteiger partial charge in [0.05, 0.1) is 10.0 Å². The van der Waals surface area contributed by atoms with Crippen molar-refractivity contribution in [3.63, 3.8) is 0 Å². The van der Waals surface area contributed by atoms with Crippen molar-refractivity contribution in [1.29, 1.82) is 0 Å². The molecule has 2 aromatic carbocycles. The first-order chi connectivity index (χ1) is 12.0. The van der Waals surface area contributed by atoms with E-state index in [-0.39, 0.29) is 0 Å². The van der Waals surface area contributed by atoms with E-state index in [1.165, 1.54) is 0 Å². The molecule has 0 spiro atoms. The van der Waals surface area contributed by atoms with Gasteiger partial charge in [0.2, 0.25) is 0 Å². The Bertz CT molecular complexity index is 670. The third kappa shape index (κ3) is 5.48. The van der Waals surface area contributed by atoms with Crippen molar-refractivity contribution in [1.82, 2.24) is 0 Å². The normalized spacial score (nSPS) is 11.0. The van der Waals surface area contributed by atoms with Gasteiger partial charge in [-0.05, 0) is 61.1 Å². The van der Waals surface area contributed by atoms with Crippen LogP contribution in [0.2, 0.25) is 20.1 Å². The summed E-state index contributed by atoms with van der Waals surface area (Å²) in [6.07, 6.45) is 2.89. The van der Waals surface area contributed by atoms with Gasteiger partial charge >= 0.3 is 0 Å². The highest BCUT2D eigenvalue weighted by Gasteiger charge is 2.16. The van der Waals surface area contributed by atoms with E-state index in [0.717, 1.165) is 24.0 Å². The molecule has 0 amide bonds. The summed E-state index contributed by atoms with van der Waals surface area (Å²) in [6.45, 7) is 0. The van der Waals surface area contributed by atoms with E-state index >= 15 is 0 Å². The zero-order valence-electron chi connectivity index (χ0n) is 13.2. The van der Waals surface area contributed by atoms with Gasteiger partial charge in [-0.15, -0.1) is 23.2 Å². The lowest BCUT2D eigenvalue weighted by molar-refractivity contribution is 0.481. The smallest absolute Gasteiger partial charge is 0.146 e. The molecule has 0 heterocycles. The van der Waals surface area contributed by atoms with Crippen LogP contribution in [0.15, 0.2) is 24.3 Å². The maximum atomic E-state index is 6.47. The summed E-state index contributed by atoms with van der Waals surface area (Å²) in [5, 5.41) is 2.11. The van der Waals surface area contributed by atoms with Gasteiger partial charge in [0.1, 0.15) is 11.5 Å². The third-order valence-electron chi connectivity index (χ3n) is 3.64. The Hall–Kier alpha value is -0.0200. The highest BCUT2D eigenvalue weighted by Crippen LogP contribution is 2.41. The molecule has 0 aliphatic carbocycles. The number of benzene rings is 2. The number of hydrogen-bond acceptors (Lipinski definition) is 1. The van der Waals surface area contributed by atoms with Gasteiger partial charge < -0.3 is 4.74 Å². The molecule has 0 unspecified atom stereocenters. The quantitative estimate of drug-likeness (QED) is 0.359. The summed E-state index contributed by atoms with van der Waals surface area (Å²) in [4.78, 5) is 0. The topological polar surface area (TPSA) is 9.23 Å². The van der Waals surface area contributed by atoms with E-state index in [9.17, 15) is 0 Å². The van der Waals surface area contributed by atoms with Crippen LogP contribution in [0.5, 0.6) is 11.5 Å². The molecule has 0 aromatic heterocycles. The highest BCUT2D eigenvalue weighted by molar-refractivity contribution is 6.38. The second-order valence-corrected chi connectivity index (χ2v) is 7.69. The number of hydrogen-bond donors (Lipinski definition) is 0. The summed E-state index contributed by atoms with van der Waals surface area (Å²) in [5.41, 5.74) is 1.63. The van der Waals surface area contributed by atoms with Gasteiger partial charge in [-0.1, -0.05) is 46.4 Å². The van der Waals surface area contributed by atoms with Crippen molar-refractivity contribution < 1.29 is 4.74 Å². The molecule has 2 aromatic rings. The van der Waals surface area contributed by atoms with Crippen molar-refractivity contribution in [2.45, 2.75) is 25.7 Å². The zero-order chi connectivity index (χ0) is 18.4. The van der Waals surface area contributed by atoms with E-state index in [2.05, 4.69) is 0 Å². The second-order valence-electron chi connectivity index (χ2n) is 5.36. The molecule has 0 saturated carbocycles. The molecule has 2 rings (SSSR count). The lowest BCUT2D eigenvalue weighted by Crippen LogP contribution is -1.96. The van der Waals surface area contributed by atoms with Crippen molar-refractivity contribution in [2.75, 3.05) is 11.8 Å². The monoisotopic (exact) mass is 458 g/mol. The fourth-order valence-corrected chi connectivity index (χ4v) is 3.84. The summed E-state index contributed by atoms with van der Waals surface area (Å²) < 4.78 is 5.94. The van der Waals surface area contributed by atoms with Crippen molar-refractivity contribution in [3.05, 3.63) is 55.5 Å². The average molecular weight is 461 g/mol. The largest absolute Gasteiger partial charge is 0.454 e. The van der Waals surface area contributed by atoms with Crippen LogP contribution in [0.1, 0.15) is 24.0 Å². The minimum atomic E-state index is 0.464. The first-order valence-corrected chi connectivity index (χ1v) is 10.3. The second kappa shape index (κ2) is 10.3. The van der Waals surface area contributed by atoms with Gasteiger partial charge in [-0.3, -0.25) is 0 Å². The average Bonchev–Trinajstić information content (AvgIpc) is 2.59. The van der Waals surface area contributed by atoms with Crippen LogP contribution < -0.4 is 4.74 Å². The van der Waals surface area contributed by atoms with Gasteiger partial charge in [0.25, 0.3) is 0 Å². The Kier molecular flexibility index (Phi) is 8.81. The van der Waals surface area contributed by atoms with E-state index in [1.807, 2.05) is 0 Å². The van der Waals surface area contributed by atoms with Crippen LogP contribution in [-0.2, 0) is 12.8 Å². The molecule has 0 aliphatic heterocycles. The van der Waals surface area contributed by atoms with Crippen molar-refractivity contribution in [3.8, 4) is 11.5 Å². The van der Waals surface area contributed by atoms with Gasteiger partial charge in [0.15, 0.2) is 0 Å². The number of ether oxygens (including phenoxy) is 1. The zero-order valence-corrected chi connectivity index (χ0v) is 17.8. The van der Waals surface area contributed by atoms with E-state index in [0.29, 0.717) is 56.2 Å². The number of halogens is 6. The minimum absolute atomic E-state index is 0.464. The van der Waals surface area contributed by atoms with Gasteiger partial charge in [0, 0.05) is 21.8 Å². The Morgan fingerprint density at radius 1 is 0.640 bits per heavy atom.